The normalized spacial score (nSPS) is 10.4. The molecule has 0 aliphatic carbocycles. The van der Waals surface area contributed by atoms with Crippen molar-refractivity contribution in [3.8, 4) is 5.75 Å². The van der Waals surface area contributed by atoms with Gasteiger partial charge in [0.2, 0.25) is 0 Å². The molecule has 0 aromatic heterocycles. The summed E-state index contributed by atoms with van der Waals surface area (Å²) in [6.45, 7) is 0.505. The van der Waals surface area contributed by atoms with Gasteiger partial charge in [-0.2, -0.15) is 0 Å². The van der Waals surface area contributed by atoms with E-state index in [1.165, 1.54) is 0 Å². The Morgan fingerprint density at radius 1 is 1.11 bits per heavy atom. The number of ether oxygens (including phenoxy) is 1. The molecule has 2 aromatic rings. The molecule has 0 unspecified atom stereocenters. The molecule has 0 heterocycles. The molecule has 0 bridgehead atoms. The van der Waals surface area contributed by atoms with Crippen molar-refractivity contribution in [2.75, 3.05) is 0 Å². The fraction of sp³-hybridized carbons (Fsp3) is 0.143. The molecular formula is C14H11BrCl2O. The first kappa shape index (κ1) is 13.7. The molecule has 2 rings (SSSR count). The number of halogens is 3. The van der Waals surface area contributed by atoms with E-state index in [1.54, 1.807) is 6.07 Å². The standard InChI is InChI=1S/C14H11BrCl2O/c15-12-3-1-2-10(6-12)9-18-14-5-4-13(17)7-11(14)8-16/h1-7H,8-9H2. The molecule has 0 aliphatic rings. The van der Waals surface area contributed by atoms with Crippen molar-refractivity contribution in [2.45, 2.75) is 12.5 Å². The zero-order chi connectivity index (χ0) is 13.0. The molecule has 2 aromatic carbocycles. The van der Waals surface area contributed by atoms with E-state index in [-0.39, 0.29) is 0 Å². The summed E-state index contributed by atoms with van der Waals surface area (Å²) < 4.78 is 6.80. The van der Waals surface area contributed by atoms with Gasteiger partial charge >= 0.3 is 0 Å². The Hall–Kier alpha value is -0.700. The fourth-order valence-corrected chi connectivity index (χ4v) is 2.43. The topological polar surface area (TPSA) is 9.23 Å². The Morgan fingerprint density at radius 3 is 2.67 bits per heavy atom. The molecule has 0 aliphatic heterocycles. The Morgan fingerprint density at radius 2 is 1.94 bits per heavy atom. The Bertz CT molecular complexity index is 543. The summed E-state index contributed by atoms with van der Waals surface area (Å²) in [5.41, 5.74) is 2.00. The summed E-state index contributed by atoms with van der Waals surface area (Å²) in [4.78, 5) is 0. The highest BCUT2D eigenvalue weighted by Crippen LogP contribution is 2.25. The van der Waals surface area contributed by atoms with Gasteiger partial charge < -0.3 is 4.74 Å². The van der Waals surface area contributed by atoms with Crippen LogP contribution in [-0.2, 0) is 12.5 Å². The van der Waals surface area contributed by atoms with Gasteiger partial charge in [-0.15, -0.1) is 11.6 Å². The van der Waals surface area contributed by atoms with Crippen LogP contribution in [0.5, 0.6) is 5.75 Å². The Balaban J connectivity index is 2.10. The molecule has 0 fully saturated rings. The van der Waals surface area contributed by atoms with Crippen LogP contribution in [0.15, 0.2) is 46.9 Å². The van der Waals surface area contributed by atoms with Gasteiger partial charge in [0.1, 0.15) is 12.4 Å². The van der Waals surface area contributed by atoms with Gasteiger partial charge in [-0.25, -0.2) is 0 Å². The number of alkyl halides is 1. The Labute approximate surface area is 125 Å². The molecule has 0 saturated carbocycles. The highest BCUT2D eigenvalue weighted by atomic mass is 79.9. The third-order valence-electron chi connectivity index (χ3n) is 2.45. The summed E-state index contributed by atoms with van der Waals surface area (Å²) in [5.74, 6) is 1.16. The van der Waals surface area contributed by atoms with Crippen molar-refractivity contribution in [3.63, 3.8) is 0 Å². The lowest BCUT2D eigenvalue weighted by atomic mass is 10.2. The maximum atomic E-state index is 5.91. The van der Waals surface area contributed by atoms with Crippen molar-refractivity contribution in [1.29, 1.82) is 0 Å². The minimum Gasteiger partial charge on any atom is -0.489 e. The highest BCUT2D eigenvalue weighted by molar-refractivity contribution is 9.10. The second-order valence-electron chi connectivity index (χ2n) is 3.80. The average molecular weight is 346 g/mol. The fourth-order valence-electron chi connectivity index (χ4n) is 1.58. The van der Waals surface area contributed by atoms with Crippen molar-refractivity contribution >= 4 is 39.1 Å². The average Bonchev–Trinajstić information content (AvgIpc) is 2.37. The van der Waals surface area contributed by atoms with Crippen molar-refractivity contribution in [1.82, 2.24) is 0 Å². The molecule has 4 heteroatoms. The van der Waals surface area contributed by atoms with Gasteiger partial charge in [0.15, 0.2) is 0 Å². The van der Waals surface area contributed by atoms with Crippen LogP contribution in [0.25, 0.3) is 0 Å². The van der Waals surface area contributed by atoms with E-state index in [4.69, 9.17) is 27.9 Å². The zero-order valence-corrected chi connectivity index (χ0v) is 12.6. The molecule has 1 nitrogen and oxygen atoms in total. The van der Waals surface area contributed by atoms with E-state index in [0.29, 0.717) is 17.5 Å². The predicted octanol–water partition coefficient (Wildman–Crippen LogP) is 5.42. The lowest BCUT2D eigenvalue weighted by molar-refractivity contribution is 0.304. The van der Waals surface area contributed by atoms with Gasteiger partial charge in [-0.3, -0.25) is 0 Å². The summed E-state index contributed by atoms with van der Waals surface area (Å²) in [6, 6.07) is 13.5. The summed E-state index contributed by atoms with van der Waals surface area (Å²) >= 11 is 15.2. The van der Waals surface area contributed by atoms with E-state index in [0.717, 1.165) is 21.3 Å². The molecule has 0 saturated heterocycles. The monoisotopic (exact) mass is 344 g/mol. The van der Waals surface area contributed by atoms with Crippen LogP contribution in [0.3, 0.4) is 0 Å². The molecular weight excluding hydrogens is 335 g/mol. The van der Waals surface area contributed by atoms with Gasteiger partial charge in [-0.05, 0) is 35.9 Å². The van der Waals surface area contributed by atoms with Gasteiger partial charge in [0.25, 0.3) is 0 Å². The van der Waals surface area contributed by atoms with Crippen LogP contribution in [-0.4, -0.2) is 0 Å². The van der Waals surface area contributed by atoms with E-state index in [9.17, 15) is 0 Å². The first-order chi connectivity index (χ1) is 8.69. The molecule has 18 heavy (non-hydrogen) atoms. The van der Waals surface area contributed by atoms with E-state index < -0.39 is 0 Å². The van der Waals surface area contributed by atoms with E-state index >= 15 is 0 Å². The van der Waals surface area contributed by atoms with Crippen molar-refractivity contribution < 1.29 is 4.74 Å². The first-order valence-electron chi connectivity index (χ1n) is 5.40. The quantitative estimate of drug-likeness (QED) is 0.672. The number of hydrogen-bond acceptors (Lipinski definition) is 1. The molecule has 0 radical (unpaired) electrons. The largest absolute Gasteiger partial charge is 0.489 e. The summed E-state index contributed by atoms with van der Waals surface area (Å²) in [7, 11) is 0. The highest BCUT2D eigenvalue weighted by Gasteiger charge is 2.04. The minimum atomic E-state index is 0.383. The van der Waals surface area contributed by atoms with Crippen LogP contribution < -0.4 is 4.74 Å². The van der Waals surface area contributed by atoms with Crippen molar-refractivity contribution in [2.24, 2.45) is 0 Å². The smallest absolute Gasteiger partial charge is 0.124 e. The summed E-state index contributed by atoms with van der Waals surface area (Å²) in [5, 5.41) is 0.667. The lowest BCUT2D eigenvalue weighted by Crippen LogP contribution is -1.97. The summed E-state index contributed by atoms with van der Waals surface area (Å²) in [6.07, 6.45) is 0. The molecule has 0 spiro atoms. The third kappa shape index (κ3) is 3.64. The number of rotatable bonds is 4. The SMILES string of the molecule is ClCc1cc(Cl)ccc1OCc1cccc(Br)c1. The first-order valence-corrected chi connectivity index (χ1v) is 7.11. The molecule has 0 amide bonds. The van der Waals surface area contributed by atoms with Crippen LogP contribution in [0.4, 0.5) is 0 Å². The maximum absolute atomic E-state index is 5.91. The lowest BCUT2D eigenvalue weighted by Gasteiger charge is -2.10. The van der Waals surface area contributed by atoms with Crippen LogP contribution in [0.2, 0.25) is 5.02 Å². The second-order valence-corrected chi connectivity index (χ2v) is 5.42. The van der Waals surface area contributed by atoms with Gasteiger partial charge in [0.05, 0.1) is 5.88 Å². The molecule has 94 valence electrons. The van der Waals surface area contributed by atoms with Gasteiger partial charge in [0, 0.05) is 15.1 Å². The Kier molecular flexibility index (Phi) is 4.93. The maximum Gasteiger partial charge on any atom is 0.124 e. The van der Waals surface area contributed by atoms with Crippen molar-refractivity contribution in [3.05, 3.63) is 63.1 Å². The molecule has 0 N–H and O–H groups in total. The minimum absolute atomic E-state index is 0.383. The number of benzene rings is 2. The van der Waals surface area contributed by atoms with Crippen LogP contribution in [0.1, 0.15) is 11.1 Å². The van der Waals surface area contributed by atoms with E-state index in [2.05, 4.69) is 15.9 Å². The third-order valence-corrected chi connectivity index (χ3v) is 3.47. The predicted molar refractivity (Wildman–Crippen MR) is 79.5 cm³/mol. The van der Waals surface area contributed by atoms with E-state index in [1.807, 2.05) is 36.4 Å². The van der Waals surface area contributed by atoms with Crippen LogP contribution in [0, 0.1) is 0 Å². The van der Waals surface area contributed by atoms with Gasteiger partial charge in [-0.1, -0.05) is 39.7 Å². The van der Waals surface area contributed by atoms with Crippen LogP contribution >= 0.6 is 39.1 Å². The second kappa shape index (κ2) is 6.46. The zero-order valence-electron chi connectivity index (χ0n) is 9.50. The number of hydrogen-bond donors (Lipinski definition) is 0. The molecule has 0 atom stereocenters.